The van der Waals surface area contributed by atoms with Gasteiger partial charge in [0.25, 0.3) is 0 Å². The molecule has 1 heterocycles. The van der Waals surface area contributed by atoms with Gasteiger partial charge >= 0.3 is 0 Å². The summed E-state index contributed by atoms with van der Waals surface area (Å²) in [4.78, 5) is 11.9. The van der Waals surface area contributed by atoms with Crippen molar-refractivity contribution in [1.82, 2.24) is 4.57 Å². The van der Waals surface area contributed by atoms with Crippen LogP contribution < -0.4 is 10.3 Å². The van der Waals surface area contributed by atoms with Crippen molar-refractivity contribution in [3.8, 4) is 17.0 Å². The van der Waals surface area contributed by atoms with Gasteiger partial charge in [0.15, 0.2) is 0 Å². The maximum absolute atomic E-state index is 11.9. The molecule has 0 spiro atoms. The van der Waals surface area contributed by atoms with Crippen molar-refractivity contribution in [2.24, 2.45) is 7.05 Å². The van der Waals surface area contributed by atoms with Crippen molar-refractivity contribution < 1.29 is 42.2 Å². The second-order valence-electron chi connectivity index (χ2n) is 4.33. The number of ether oxygens (including phenoxy) is 2. The molecule has 0 fully saturated rings. The minimum Gasteiger partial charge on any atom is -0.491 e. The molecule has 1 aromatic carbocycles. The first-order valence-electron chi connectivity index (χ1n) is 6.23. The Labute approximate surface area is 167 Å². The Morgan fingerprint density at radius 2 is 2.09 bits per heavy atom. The Morgan fingerprint density at radius 1 is 1.36 bits per heavy atom. The summed E-state index contributed by atoms with van der Waals surface area (Å²) in [5, 5.41) is 0.499. The van der Waals surface area contributed by atoms with Crippen LogP contribution in [0, 0.1) is 6.07 Å². The molecule has 2 aromatic rings. The van der Waals surface area contributed by atoms with Crippen molar-refractivity contribution in [3.63, 3.8) is 0 Å². The van der Waals surface area contributed by atoms with Gasteiger partial charge in [0.2, 0.25) is 5.56 Å². The molecule has 0 saturated heterocycles. The first kappa shape index (κ1) is 19.8. The summed E-state index contributed by atoms with van der Waals surface area (Å²) < 4.78 is 12.4. The number of nitrogens with zero attached hydrogens (tertiary/aromatic N) is 1. The summed E-state index contributed by atoms with van der Waals surface area (Å²) in [6.45, 7) is 0.962. The Morgan fingerprint density at radius 3 is 2.73 bits per heavy atom. The number of pyridine rings is 1. The monoisotopic (exact) mass is 459 g/mol. The minimum atomic E-state index is -0.139. The summed E-state index contributed by atoms with van der Waals surface area (Å²) in [5.41, 5.74) is 1.21. The van der Waals surface area contributed by atoms with E-state index in [9.17, 15) is 4.79 Å². The van der Waals surface area contributed by atoms with E-state index in [1.807, 2.05) is 6.07 Å². The number of hydrogen-bond donors (Lipinski definition) is 0. The molecule has 0 saturated carbocycles. The van der Waals surface area contributed by atoms with Gasteiger partial charge in [-0.05, 0) is 21.6 Å². The minimum absolute atomic E-state index is 0. The second kappa shape index (κ2) is 9.19. The molecule has 1 aromatic heterocycles. The molecule has 0 aliphatic heterocycles. The summed E-state index contributed by atoms with van der Waals surface area (Å²) in [6.07, 6.45) is 0. The van der Waals surface area contributed by atoms with Crippen LogP contribution in [0.1, 0.15) is 0 Å². The van der Waals surface area contributed by atoms with E-state index in [4.69, 9.17) is 21.1 Å². The van der Waals surface area contributed by atoms with Crippen LogP contribution in [0.3, 0.4) is 0 Å². The normalized spacial score (nSPS) is 10.2. The molecule has 7 heteroatoms. The molecule has 0 N–H and O–H groups in total. The predicted octanol–water partition coefficient (Wildman–Crippen LogP) is 3.29. The molecule has 22 heavy (non-hydrogen) atoms. The van der Waals surface area contributed by atoms with E-state index in [-0.39, 0.29) is 38.3 Å². The third kappa shape index (κ3) is 4.65. The van der Waals surface area contributed by atoms with Crippen molar-refractivity contribution in [3.05, 3.63) is 50.2 Å². The van der Waals surface area contributed by atoms with Crippen LogP contribution >= 0.6 is 27.5 Å². The topological polar surface area (TPSA) is 40.5 Å². The zero-order valence-electron chi connectivity index (χ0n) is 12.2. The molecule has 115 valence electrons. The molecular weight excluding hydrogens is 446 g/mol. The summed E-state index contributed by atoms with van der Waals surface area (Å²) in [6, 6.07) is 9.97. The molecule has 0 atom stereocenters. The van der Waals surface area contributed by atoms with Crippen LogP contribution in [-0.4, -0.2) is 24.9 Å². The van der Waals surface area contributed by atoms with E-state index >= 15 is 0 Å². The quantitative estimate of drug-likeness (QED) is 0.508. The van der Waals surface area contributed by atoms with Crippen molar-refractivity contribution in [1.29, 1.82) is 0 Å². The van der Waals surface area contributed by atoms with E-state index in [2.05, 4.69) is 22.0 Å². The van der Waals surface area contributed by atoms with Gasteiger partial charge in [-0.3, -0.25) is 4.79 Å². The number of methoxy groups -OCH3 is 1. The smallest absolute Gasteiger partial charge is 0.208 e. The Bertz CT molecular complexity index is 706. The largest absolute Gasteiger partial charge is 0.491 e. The number of halogens is 2. The molecule has 0 aliphatic rings. The van der Waals surface area contributed by atoms with Crippen LogP contribution in [0.25, 0.3) is 11.3 Å². The van der Waals surface area contributed by atoms with Gasteiger partial charge in [0.1, 0.15) is 12.4 Å². The Kier molecular flexibility index (Phi) is 8.29. The maximum atomic E-state index is 11.9. The number of aromatic nitrogens is 1. The maximum Gasteiger partial charge on any atom is 0.208 e. The van der Waals surface area contributed by atoms with E-state index in [1.165, 1.54) is 4.57 Å². The van der Waals surface area contributed by atoms with Gasteiger partial charge in [-0.25, -0.2) is 0 Å². The average Bonchev–Trinajstić information content (AvgIpc) is 2.46. The van der Waals surface area contributed by atoms with E-state index < -0.39 is 0 Å². The zero-order chi connectivity index (χ0) is 15.4. The fraction of sp³-hybridized carbons (Fsp3) is 0.267. The van der Waals surface area contributed by atoms with Crippen molar-refractivity contribution in [2.45, 2.75) is 0 Å². The van der Waals surface area contributed by atoms with Crippen LogP contribution in [0.2, 0.25) is 5.02 Å². The standard InChI is InChI=1S/C15H14BrClNO3.Y/c1-18-14(6-5-12(16)15(18)19)11-4-3-10(9-13(11)17)21-8-7-20-2;/h3-5,9H,7-8H2,1-2H3;/q-1;. The fourth-order valence-electron chi connectivity index (χ4n) is 1.83. The van der Waals surface area contributed by atoms with E-state index in [1.54, 1.807) is 32.4 Å². The molecule has 1 radical (unpaired) electrons. The van der Waals surface area contributed by atoms with E-state index in [0.29, 0.717) is 34.2 Å². The van der Waals surface area contributed by atoms with Gasteiger partial charge in [0, 0.05) is 46.9 Å². The summed E-state index contributed by atoms with van der Waals surface area (Å²) in [5.74, 6) is 0.655. The molecular formula is C15H14BrClNO3Y-. The Balaban J connectivity index is 0.00000242. The van der Waals surface area contributed by atoms with Crippen LogP contribution in [-0.2, 0) is 44.5 Å². The van der Waals surface area contributed by atoms with Gasteiger partial charge in [-0.15, -0.1) is 22.0 Å². The zero-order valence-corrected chi connectivity index (χ0v) is 17.4. The van der Waals surface area contributed by atoms with Gasteiger partial charge in [0.05, 0.1) is 6.61 Å². The first-order valence-corrected chi connectivity index (χ1v) is 7.40. The van der Waals surface area contributed by atoms with Crippen molar-refractivity contribution in [2.75, 3.05) is 20.3 Å². The summed E-state index contributed by atoms with van der Waals surface area (Å²) in [7, 11) is 3.29. The predicted molar refractivity (Wildman–Crippen MR) is 86.0 cm³/mol. The molecule has 0 amide bonds. The molecule has 4 nitrogen and oxygen atoms in total. The van der Waals surface area contributed by atoms with Gasteiger partial charge < -0.3 is 14.0 Å². The SMILES string of the molecule is COCCOc1ccc(-c2[c-]cc(Br)c(=O)n2C)c(Cl)c1.[Y]. The second-order valence-corrected chi connectivity index (χ2v) is 5.59. The van der Waals surface area contributed by atoms with E-state index in [0.717, 1.165) is 5.56 Å². The third-order valence-electron chi connectivity index (χ3n) is 2.93. The number of rotatable bonds is 5. The average molecular weight is 461 g/mol. The number of benzene rings is 1. The van der Waals surface area contributed by atoms with Gasteiger partial charge in [-0.2, -0.15) is 12.1 Å². The van der Waals surface area contributed by atoms with Crippen molar-refractivity contribution >= 4 is 27.5 Å². The number of hydrogen-bond acceptors (Lipinski definition) is 3. The first-order chi connectivity index (χ1) is 10.0. The third-order valence-corrected chi connectivity index (χ3v) is 3.81. The molecule has 2 rings (SSSR count). The summed E-state index contributed by atoms with van der Waals surface area (Å²) >= 11 is 9.47. The van der Waals surface area contributed by atoms with Gasteiger partial charge in [-0.1, -0.05) is 22.9 Å². The van der Waals surface area contributed by atoms with Crippen LogP contribution in [0.4, 0.5) is 0 Å². The molecule has 0 unspecified atom stereocenters. The van der Waals surface area contributed by atoms with Crippen LogP contribution in [0.15, 0.2) is 33.5 Å². The molecule has 0 aliphatic carbocycles. The molecule has 0 bridgehead atoms. The van der Waals surface area contributed by atoms with Crippen LogP contribution in [0.5, 0.6) is 5.75 Å². The Hall–Kier alpha value is -0.196. The fourth-order valence-corrected chi connectivity index (χ4v) is 2.47.